The summed E-state index contributed by atoms with van der Waals surface area (Å²) in [7, 11) is 0. The van der Waals surface area contributed by atoms with E-state index in [1.807, 2.05) is 31.2 Å². The number of amides is 1. The first-order chi connectivity index (χ1) is 9.20. The minimum Gasteiger partial charge on any atom is -0.330 e. The van der Waals surface area contributed by atoms with Crippen LogP contribution in [-0.4, -0.2) is 17.4 Å². The van der Waals surface area contributed by atoms with Gasteiger partial charge in [-0.2, -0.15) is 0 Å². The highest BCUT2D eigenvalue weighted by molar-refractivity contribution is 6.04. The molecular formula is C15H17N3O. The molecule has 0 aliphatic rings. The third kappa shape index (κ3) is 3.39. The minimum absolute atomic E-state index is 0.152. The number of hydrogen-bond donors (Lipinski definition) is 2. The lowest BCUT2D eigenvalue weighted by Crippen LogP contribution is -2.16. The molecule has 1 aromatic heterocycles. The number of nitrogens with zero attached hydrogens (tertiary/aromatic N) is 1. The smallest absolute Gasteiger partial charge is 0.257 e. The Bertz CT molecular complexity index is 564. The summed E-state index contributed by atoms with van der Waals surface area (Å²) in [6.45, 7) is 2.47. The molecule has 0 saturated heterocycles. The molecule has 1 amide bonds. The van der Waals surface area contributed by atoms with Gasteiger partial charge in [0.05, 0.1) is 0 Å². The highest BCUT2D eigenvalue weighted by Crippen LogP contribution is 2.12. The fourth-order valence-electron chi connectivity index (χ4n) is 1.84. The minimum atomic E-state index is -0.152. The molecule has 0 saturated carbocycles. The van der Waals surface area contributed by atoms with Gasteiger partial charge < -0.3 is 11.1 Å². The van der Waals surface area contributed by atoms with Crippen LogP contribution in [0.3, 0.4) is 0 Å². The Morgan fingerprint density at radius 3 is 2.74 bits per heavy atom. The average molecular weight is 255 g/mol. The van der Waals surface area contributed by atoms with Gasteiger partial charge in [-0.15, -0.1) is 0 Å². The van der Waals surface area contributed by atoms with E-state index in [2.05, 4.69) is 10.3 Å². The van der Waals surface area contributed by atoms with Crippen LogP contribution in [0.25, 0.3) is 0 Å². The predicted octanol–water partition coefficient (Wildman–Crippen LogP) is 2.14. The van der Waals surface area contributed by atoms with Crippen molar-refractivity contribution in [1.29, 1.82) is 0 Å². The molecule has 0 bridgehead atoms. The van der Waals surface area contributed by atoms with Gasteiger partial charge in [0.15, 0.2) is 0 Å². The van der Waals surface area contributed by atoms with Gasteiger partial charge in [-0.3, -0.25) is 4.79 Å². The van der Waals surface area contributed by atoms with Crippen LogP contribution in [0.5, 0.6) is 0 Å². The highest BCUT2D eigenvalue weighted by atomic mass is 16.1. The van der Waals surface area contributed by atoms with Crippen molar-refractivity contribution < 1.29 is 4.79 Å². The second-order valence-electron chi connectivity index (χ2n) is 4.37. The molecule has 4 nitrogen and oxygen atoms in total. The lowest BCUT2D eigenvalue weighted by atomic mass is 10.0. The monoisotopic (exact) mass is 255 g/mol. The molecule has 0 aliphatic heterocycles. The Morgan fingerprint density at radius 1 is 1.26 bits per heavy atom. The maximum Gasteiger partial charge on any atom is 0.257 e. The molecular weight excluding hydrogens is 238 g/mol. The van der Waals surface area contributed by atoms with Crippen molar-refractivity contribution >= 4 is 11.7 Å². The SMILES string of the molecule is Cc1ccc(NC(=O)c2ccccc2CCN)nc1. The van der Waals surface area contributed by atoms with E-state index >= 15 is 0 Å². The molecule has 0 atom stereocenters. The standard InChI is InChI=1S/C15H17N3O/c1-11-6-7-14(17-10-11)18-15(19)13-5-3-2-4-12(13)8-9-16/h2-7,10H,8-9,16H2,1H3,(H,17,18,19). The Labute approximate surface area is 112 Å². The summed E-state index contributed by atoms with van der Waals surface area (Å²) < 4.78 is 0. The van der Waals surface area contributed by atoms with Crippen molar-refractivity contribution in [2.24, 2.45) is 5.73 Å². The molecule has 0 aliphatic carbocycles. The number of aromatic nitrogens is 1. The van der Waals surface area contributed by atoms with E-state index in [0.29, 0.717) is 24.3 Å². The van der Waals surface area contributed by atoms with Gasteiger partial charge in [-0.05, 0) is 43.1 Å². The Balaban J connectivity index is 2.18. The van der Waals surface area contributed by atoms with E-state index in [0.717, 1.165) is 11.1 Å². The van der Waals surface area contributed by atoms with Gasteiger partial charge in [0.2, 0.25) is 0 Å². The maximum atomic E-state index is 12.2. The van der Waals surface area contributed by atoms with Crippen molar-refractivity contribution in [3.63, 3.8) is 0 Å². The van der Waals surface area contributed by atoms with Crippen LogP contribution >= 0.6 is 0 Å². The number of anilines is 1. The number of hydrogen-bond acceptors (Lipinski definition) is 3. The zero-order valence-electron chi connectivity index (χ0n) is 10.9. The van der Waals surface area contributed by atoms with E-state index in [1.165, 1.54) is 0 Å². The quantitative estimate of drug-likeness (QED) is 0.879. The lowest BCUT2D eigenvalue weighted by Gasteiger charge is -2.09. The van der Waals surface area contributed by atoms with Crippen LogP contribution in [0.1, 0.15) is 21.5 Å². The zero-order chi connectivity index (χ0) is 13.7. The molecule has 1 aromatic carbocycles. The molecule has 19 heavy (non-hydrogen) atoms. The summed E-state index contributed by atoms with van der Waals surface area (Å²) >= 11 is 0. The van der Waals surface area contributed by atoms with Gasteiger partial charge in [0.1, 0.15) is 5.82 Å². The summed E-state index contributed by atoms with van der Waals surface area (Å²) in [4.78, 5) is 16.4. The first-order valence-corrected chi connectivity index (χ1v) is 6.22. The van der Waals surface area contributed by atoms with Gasteiger partial charge in [-0.25, -0.2) is 4.98 Å². The van der Waals surface area contributed by atoms with Crippen LogP contribution in [-0.2, 0) is 6.42 Å². The van der Waals surface area contributed by atoms with Gasteiger partial charge in [0.25, 0.3) is 5.91 Å². The van der Waals surface area contributed by atoms with Crippen molar-refractivity contribution in [3.05, 3.63) is 59.3 Å². The molecule has 4 heteroatoms. The summed E-state index contributed by atoms with van der Waals surface area (Å²) in [5, 5.41) is 2.79. The van der Waals surface area contributed by atoms with E-state index in [1.54, 1.807) is 18.3 Å². The fourth-order valence-corrected chi connectivity index (χ4v) is 1.84. The number of carbonyl (C=O) groups is 1. The number of carbonyl (C=O) groups excluding carboxylic acids is 1. The first kappa shape index (κ1) is 13.2. The largest absolute Gasteiger partial charge is 0.330 e. The second kappa shape index (κ2) is 6.11. The van der Waals surface area contributed by atoms with Gasteiger partial charge in [-0.1, -0.05) is 24.3 Å². The topological polar surface area (TPSA) is 68.0 Å². The van der Waals surface area contributed by atoms with Crippen LogP contribution in [0.4, 0.5) is 5.82 Å². The lowest BCUT2D eigenvalue weighted by molar-refractivity contribution is 0.102. The van der Waals surface area contributed by atoms with Crippen LogP contribution in [0.15, 0.2) is 42.6 Å². The number of benzene rings is 1. The maximum absolute atomic E-state index is 12.2. The van der Waals surface area contributed by atoms with Crippen molar-refractivity contribution in [2.45, 2.75) is 13.3 Å². The summed E-state index contributed by atoms with van der Waals surface area (Å²) in [6, 6.07) is 11.2. The number of nitrogens with one attached hydrogen (secondary N) is 1. The van der Waals surface area contributed by atoms with Crippen LogP contribution in [0.2, 0.25) is 0 Å². The molecule has 0 radical (unpaired) electrons. The molecule has 2 aromatic rings. The summed E-state index contributed by atoms with van der Waals surface area (Å²) in [5.41, 5.74) is 8.21. The Kier molecular flexibility index (Phi) is 4.26. The van der Waals surface area contributed by atoms with E-state index in [9.17, 15) is 4.79 Å². The normalized spacial score (nSPS) is 10.2. The number of rotatable bonds is 4. The van der Waals surface area contributed by atoms with E-state index < -0.39 is 0 Å². The first-order valence-electron chi connectivity index (χ1n) is 6.22. The van der Waals surface area contributed by atoms with E-state index in [4.69, 9.17) is 5.73 Å². The van der Waals surface area contributed by atoms with Gasteiger partial charge in [0, 0.05) is 11.8 Å². The molecule has 0 fully saturated rings. The third-order valence-corrected chi connectivity index (χ3v) is 2.83. The molecule has 0 unspecified atom stereocenters. The van der Waals surface area contributed by atoms with Crippen LogP contribution < -0.4 is 11.1 Å². The van der Waals surface area contributed by atoms with Gasteiger partial charge >= 0.3 is 0 Å². The third-order valence-electron chi connectivity index (χ3n) is 2.83. The van der Waals surface area contributed by atoms with E-state index in [-0.39, 0.29) is 5.91 Å². The molecule has 0 spiro atoms. The predicted molar refractivity (Wildman–Crippen MR) is 76.1 cm³/mol. The van der Waals surface area contributed by atoms with Crippen molar-refractivity contribution in [1.82, 2.24) is 4.98 Å². The highest BCUT2D eigenvalue weighted by Gasteiger charge is 2.10. The summed E-state index contributed by atoms with van der Waals surface area (Å²) in [5.74, 6) is 0.401. The molecule has 98 valence electrons. The molecule has 2 rings (SSSR count). The number of pyridine rings is 1. The number of nitrogens with two attached hydrogens (primary N) is 1. The Hall–Kier alpha value is -2.20. The number of aryl methyl sites for hydroxylation is 1. The average Bonchev–Trinajstić information content (AvgIpc) is 2.42. The summed E-state index contributed by atoms with van der Waals surface area (Å²) in [6.07, 6.45) is 2.41. The second-order valence-corrected chi connectivity index (χ2v) is 4.37. The fraction of sp³-hybridized carbons (Fsp3) is 0.200. The molecule has 1 heterocycles. The van der Waals surface area contributed by atoms with Crippen molar-refractivity contribution in [2.75, 3.05) is 11.9 Å². The van der Waals surface area contributed by atoms with Crippen molar-refractivity contribution in [3.8, 4) is 0 Å². The van der Waals surface area contributed by atoms with Crippen LogP contribution in [0, 0.1) is 6.92 Å². The Morgan fingerprint density at radius 2 is 2.05 bits per heavy atom. The molecule has 3 N–H and O–H groups in total. The zero-order valence-corrected chi connectivity index (χ0v) is 10.9.